The van der Waals surface area contributed by atoms with Crippen LogP contribution < -0.4 is 5.32 Å². The second kappa shape index (κ2) is 10.8. The van der Waals surface area contributed by atoms with Crippen LogP contribution in [0.5, 0.6) is 0 Å². The highest BCUT2D eigenvalue weighted by Crippen LogP contribution is 2.27. The molecule has 1 aliphatic rings. The van der Waals surface area contributed by atoms with Gasteiger partial charge in [0, 0.05) is 34.6 Å². The molecule has 0 saturated heterocycles. The molecular weight excluding hydrogens is 419 g/mol. The van der Waals surface area contributed by atoms with Gasteiger partial charge in [-0.1, -0.05) is 72.4 Å². The van der Waals surface area contributed by atoms with Crippen LogP contribution in [0.15, 0.2) is 48.5 Å². The molecule has 2 aromatic carbocycles. The molecule has 1 atom stereocenters. The molecule has 0 bridgehead atoms. The van der Waals surface area contributed by atoms with Crippen LogP contribution in [0.3, 0.4) is 0 Å². The molecule has 2 amide bonds. The maximum atomic E-state index is 13.2. The second-order valence-corrected chi connectivity index (χ2v) is 8.69. The zero-order chi connectivity index (χ0) is 21.5. The van der Waals surface area contributed by atoms with Gasteiger partial charge in [0.15, 0.2) is 0 Å². The van der Waals surface area contributed by atoms with Gasteiger partial charge < -0.3 is 10.2 Å². The van der Waals surface area contributed by atoms with Crippen molar-refractivity contribution in [2.24, 2.45) is 0 Å². The third-order valence-corrected chi connectivity index (χ3v) is 6.44. The van der Waals surface area contributed by atoms with E-state index in [2.05, 4.69) is 5.32 Å². The molecule has 6 heteroatoms. The summed E-state index contributed by atoms with van der Waals surface area (Å²) in [6.07, 6.45) is 5.19. The fourth-order valence-electron chi connectivity index (χ4n) is 3.87. The average molecular weight is 447 g/mol. The summed E-state index contributed by atoms with van der Waals surface area (Å²) in [5.74, 6) is -0.220. The van der Waals surface area contributed by atoms with Gasteiger partial charge in [0.05, 0.1) is 0 Å². The number of nitrogens with one attached hydrogen (secondary N) is 1. The minimum absolute atomic E-state index is 0.0936. The predicted molar refractivity (Wildman–Crippen MR) is 122 cm³/mol. The van der Waals surface area contributed by atoms with Crippen LogP contribution in [0.4, 0.5) is 0 Å². The van der Waals surface area contributed by atoms with Crippen molar-refractivity contribution in [2.45, 2.75) is 64.1 Å². The van der Waals surface area contributed by atoms with E-state index in [0.717, 1.165) is 31.2 Å². The lowest BCUT2D eigenvalue weighted by Gasteiger charge is -2.30. The van der Waals surface area contributed by atoms with Gasteiger partial charge in [0.2, 0.25) is 11.8 Å². The topological polar surface area (TPSA) is 49.4 Å². The Kier molecular flexibility index (Phi) is 8.17. The summed E-state index contributed by atoms with van der Waals surface area (Å²) in [4.78, 5) is 27.7. The van der Waals surface area contributed by atoms with Crippen LogP contribution in [0, 0.1) is 0 Å². The van der Waals surface area contributed by atoms with Crippen LogP contribution in [0.1, 0.15) is 50.2 Å². The summed E-state index contributed by atoms with van der Waals surface area (Å²) in [5, 5.41) is 4.09. The Morgan fingerprint density at radius 3 is 2.30 bits per heavy atom. The van der Waals surface area contributed by atoms with Crippen LogP contribution >= 0.6 is 23.2 Å². The fourth-order valence-corrected chi connectivity index (χ4v) is 4.38. The molecule has 0 aromatic heterocycles. The Morgan fingerprint density at radius 1 is 1.03 bits per heavy atom. The number of benzene rings is 2. The van der Waals surface area contributed by atoms with E-state index in [4.69, 9.17) is 23.2 Å². The average Bonchev–Trinajstić information content (AvgIpc) is 3.25. The zero-order valence-corrected chi connectivity index (χ0v) is 18.8. The molecule has 0 unspecified atom stereocenters. The summed E-state index contributed by atoms with van der Waals surface area (Å²) in [7, 11) is 0. The molecule has 0 heterocycles. The molecule has 1 fully saturated rings. The lowest BCUT2D eigenvalue weighted by molar-refractivity contribution is -0.140. The van der Waals surface area contributed by atoms with E-state index in [0.29, 0.717) is 28.5 Å². The number of halogens is 2. The summed E-state index contributed by atoms with van der Waals surface area (Å²) >= 11 is 12.7. The van der Waals surface area contributed by atoms with E-state index in [-0.39, 0.29) is 24.4 Å². The number of aryl methyl sites for hydroxylation is 1. The van der Waals surface area contributed by atoms with Crippen molar-refractivity contribution in [2.75, 3.05) is 0 Å². The third-order valence-electron chi connectivity index (χ3n) is 5.73. The normalized spacial score (nSPS) is 15.0. The molecule has 1 N–H and O–H groups in total. The van der Waals surface area contributed by atoms with Gasteiger partial charge in [-0.3, -0.25) is 9.59 Å². The van der Waals surface area contributed by atoms with Crippen molar-refractivity contribution >= 4 is 35.0 Å². The van der Waals surface area contributed by atoms with Crippen molar-refractivity contribution in [3.63, 3.8) is 0 Å². The predicted octanol–water partition coefficient (Wildman–Crippen LogP) is 5.40. The number of carbonyl (C=O) groups excluding carboxylic acids is 2. The van der Waals surface area contributed by atoms with Crippen molar-refractivity contribution in [3.05, 3.63) is 69.7 Å². The number of hydrogen-bond acceptors (Lipinski definition) is 2. The van der Waals surface area contributed by atoms with Crippen molar-refractivity contribution < 1.29 is 9.59 Å². The molecule has 0 radical (unpaired) electrons. The van der Waals surface area contributed by atoms with E-state index in [9.17, 15) is 9.59 Å². The molecule has 2 aromatic rings. The highest BCUT2D eigenvalue weighted by Gasteiger charge is 2.29. The first-order valence-corrected chi connectivity index (χ1v) is 11.3. The molecule has 1 saturated carbocycles. The first kappa shape index (κ1) is 22.6. The molecule has 0 spiro atoms. The van der Waals surface area contributed by atoms with E-state index < -0.39 is 6.04 Å². The second-order valence-electron chi connectivity index (χ2n) is 7.87. The van der Waals surface area contributed by atoms with E-state index in [1.54, 1.807) is 30.0 Å². The Hall–Kier alpha value is -2.04. The Labute approximate surface area is 188 Å². The zero-order valence-electron chi connectivity index (χ0n) is 17.2. The minimum atomic E-state index is -0.610. The summed E-state index contributed by atoms with van der Waals surface area (Å²) in [6, 6.07) is 14.7. The molecule has 160 valence electrons. The highest BCUT2D eigenvalue weighted by atomic mass is 35.5. The maximum absolute atomic E-state index is 13.2. The van der Waals surface area contributed by atoms with Crippen LogP contribution in [0.2, 0.25) is 10.0 Å². The fraction of sp³-hybridized carbons (Fsp3) is 0.417. The first-order valence-electron chi connectivity index (χ1n) is 10.5. The molecule has 3 rings (SSSR count). The van der Waals surface area contributed by atoms with Gasteiger partial charge in [-0.15, -0.1) is 0 Å². The van der Waals surface area contributed by atoms with Crippen LogP contribution in [0.25, 0.3) is 0 Å². The van der Waals surface area contributed by atoms with Crippen LogP contribution in [-0.4, -0.2) is 28.8 Å². The molecule has 1 aliphatic carbocycles. The lowest BCUT2D eigenvalue weighted by atomic mass is 10.1. The number of carbonyl (C=O) groups is 2. The van der Waals surface area contributed by atoms with E-state index >= 15 is 0 Å². The van der Waals surface area contributed by atoms with Gasteiger partial charge in [-0.25, -0.2) is 0 Å². The van der Waals surface area contributed by atoms with Gasteiger partial charge >= 0.3 is 0 Å². The largest absolute Gasteiger partial charge is 0.352 e. The Bertz CT molecular complexity index is 847. The molecular formula is C24H28Cl2N2O2. The maximum Gasteiger partial charge on any atom is 0.242 e. The summed E-state index contributed by atoms with van der Waals surface area (Å²) < 4.78 is 0. The summed E-state index contributed by atoms with van der Waals surface area (Å²) in [6.45, 7) is 1.97. The number of hydrogen-bond donors (Lipinski definition) is 1. The van der Waals surface area contributed by atoms with Gasteiger partial charge in [-0.2, -0.15) is 0 Å². The lowest BCUT2D eigenvalue weighted by Crippen LogP contribution is -2.49. The molecule has 4 nitrogen and oxygen atoms in total. The van der Waals surface area contributed by atoms with Crippen molar-refractivity contribution in [3.8, 4) is 0 Å². The van der Waals surface area contributed by atoms with Crippen LogP contribution in [-0.2, 0) is 22.6 Å². The molecule has 0 aliphatic heterocycles. The standard InChI is InChI=1S/C24H28Cl2N2O2/c1-17(24(30)27-19-10-5-6-11-19)28(16-20-21(25)12-7-13-22(20)26)23(29)15-14-18-8-3-2-4-9-18/h2-4,7-9,12-13,17,19H,5-6,10-11,14-16H2,1H3,(H,27,30)/t17-/m0/s1. The van der Waals surface area contributed by atoms with Crippen molar-refractivity contribution in [1.82, 2.24) is 10.2 Å². The third kappa shape index (κ3) is 5.99. The van der Waals surface area contributed by atoms with E-state index in [1.165, 1.54) is 0 Å². The number of amides is 2. The Morgan fingerprint density at radius 2 is 1.67 bits per heavy atom. The first-order chi connectivity index (χ1) is 14.5. The van der Waals surface area contributed by atoms with Crippen molar-refractivity contribution in [1.29, 1.82) is 0 Å². The molecule has 30 heavy (non-hydrogen) atoms. The number of rotatable bonds is 8. The minimum Gasteiger partial charge on any atom is -0.352 e. The van der Waals surface area contributed by atoms with Gasteiger partial charge in [-0.05, 0) is 43.9 Å². The van der Waals surface area contributed by atoms with E-state index in [1.807, 2.05) is 30.3 Å². The van der Waals surface area contributed by atoms with Gasteiger partial charge in [0.1, 0.15) is 6.04 Å². The number of nitrogens with zero attached hydrogens (tertiary/aromatic N) is 1. The Balaban J connectivity index is 1.76. The smallest absolute Gasteiger partial charge is 0.242 e. The van der Waals surface area contributed by atoms with Gasteiger partial charge in [0.25, 0.3) is 0 Å². The quantitative estimate of drug-likeness (QED) is 0.589. The summed E-state index contributed by atoms with van der Waals surface area (Å²) in [5.41, 5.74) is 1.75. The monoisotopic (exact) mass is 446 g/mol. The SMILES string of the molecule is C[C@@H](C(=O)NC1CCCC1)N(Cc1c(Cl)cccc1Cl)C(=O)CCc1ccccc1. The highest BCUT2D eigenvalue weighted by molar-refractivity contribution is 6.36.